The van der Waals surface area contributed by atoms with Crippen molar-refractivity contribution in [3.05, 3.63) is 48.0 Å². The lowest BCUT2D eigenvalue weighted by Gasteiger charge is -2.08. The third kappa shape index (κ3) is 3.31. The molecule has 2 N–H and O–H groups in total. The van der Waals surface area contributed by atoms with Crippen LogP contribution in [-0.4, -0.2) is 16.1 Å². The molecule has 2 aromatic carbocycles. The maximum atomic E-state index is 12.3. The molecule has 26 heavy (non-hydrogen) atoms. The summed E-state index contributed by atoms with van der Waals surface area (Å²) >= 11 is 0. The van der Waals surface area contributed by atoms with E-state index >= 15 is 0 Å². The van der Waals surface area contributed by atoms with Gasteiger partial charge < -0.3 is 5.32 Å². The van der Waals surface area contributed by atoms with Gasteiger partial charge in [0.25, 0.3) is 0 Å². The van der Waals surface area contributed by atoms with Crippen LogP contribution < -0.4 is 5.32 Å². The number of aromatic nitrogens is 2. The number of benzene rings is 2. The number of carbonyl (C=O) groups is 1. The largest absolute Gasteiger partial charge is 0.309 e. The van der Waals surface area contributed by atoms with E-state index in [1.807, 2.05) is 30.3 Å². The summed E-state index contributed by atoms with van der Waals surface area (Å²) in [5.74, 6) is 1.15. The minimum Gasteiger partial charge on any atom is -0.309 e. The van der Waals surface area contributed by atoms with Crippen molar-refractivity contribution in [1.82, 2.24) is 10.2 Å². The van der Waals surface area contributed by atoms with Gasteiger partial charge in [-0.3, -0.25) is 9.89 Å². The van der Waals surface area contributed by atoms with Gasteiger partial charge in [0, 0.05) is 11.8 Å². The molecule has 0 aliphatic heterocycles. The molecular weight excluding hydrogens is 324 g/mol. The van der Waals surface area contributed by atoms with Gasteiger partial charge >= 0.3 is 0 Å². The van der Waals surface area contributed by atoms with E-state index in [1.54, 1.807) is 12.1 Å². The maximum Gasteiger partial charge on any atom is 0.225 e. The standard InChI is InChI=1S/C21H20N4O/c22-13-15-5-7-16(8-6-15)17-9-10-18-19(12-17)24-25-21(18)23-20(26)11-14-3-1-2-4-14/h5-10,12,14H,1-4,11H2,(H2,23,24,25,26). The fraction of sp³-hybridized carbons (Fsp3) is 0.286. The van der Waals surface area contributed by atoms with Crippen molar-refractivity contribution in [3.8, 4) is 17.2 Å². The van der Waals surface area contributed by atoms with Gasteiger partial charge in [-0.25, -0.2) is 0 Å². The molecule has 0 radical (unpaired) electrons. The molecule has 0 spiro atoms. The number of fused-ring (bicyclic) bond motifs is 1. The number of carbonyl (C=O) groups excluding carboxylic acids is 1. The Bertz CT molecular complexity index is 975. The molecule has 0 unspecified atom stereocenters. The summed E-state index contributed by atoms with van der Waals surface area (Å²) in [4.78, 5) is 12.3. The first-order valence-electron chi connectivity index (χ1n) is 9.01. The average molecular weight is 344 g/mol. The number of nitriles is 1. The topological polar surface area (TPSA) is 81.6 Å². The summed E-state index contributed by atoms with van der Waals surface area (Å²) in [7, 11) is 0. The lowest BCUT2D eigenvalue weighted by atomic mass is 10.0. The molecular formula is C21H20N4O. The second kappa shape index (κ2) is 7.01. The van der Waals surface area contributed by atoms with Crippen LogP contribution in [0.15, 0.2) is 42.5 Å². The minimum atomic E-state index is 0.0430. The predicted octanol–water partition coefficient (Wildman–Crippen LogP) is 4.62. The summed E-state index contributed by atoms with van der Waals surface area (Å²) < 4.78 is 0. The highest BCUT2D eigenvalue weighted by Crippen LogP contribution is 2.29. The van der Waals surface area contributed by atoms with Gasteiger partial charge in [-0.1, -0.05) is 31.0 Å². The van der Waals surface area contributed by atoms with Crippen LogP contribution in [0.4, 0.5) is 5.82 Å². The second-order valence-corrected chi connectivity index (χ2v) is 6.92. The minimum absolute atomic E-state index is 0.0430. The number of nitrogens with one attached hydrogen (secondary N) is 2. The number of anilines is 1. The molecule has 3 aromatic rings. The van der Waals surface area contributed by atoms with Crippen LogP contribution in [-0.2, 0) is 4.79 Å². The van der Waals surface area contributed by atoms with Crippen LogP contribution >= 0.6 is 0 Å². The van der Waals surface area contributed by atoms with E-state index in [0.29, 0.717) is 23.7 Å². The van der Waals surface area contributed by atoms with Gasteiger partial charge in [0.2, 0.25) is 5.91 Å². The molecule has 1 fully saturated rings. The summed E-state index contributed by atoms with van der Waals surface area (Å²) in [6.07, 6.45) is 5.37. The highest BCUT2D eigenvalue weighted by atomic mass is 16.1. The Morgan fingerprint density at radius 2 is 1.88 bits per heavy atom. The molecule has 1 aliphatic rings. The number of hydrogen-bond acceptors (Lipinski definition) is 3. The van der Waals surface area contributed by atoms with Crippen LogP contribution in [0.5, 0.6) is 0 Å². The fourth-order valence-electron chi connectivity index (χ4n) is 3.69. The summed E-state index contributed by atoms with van der Waals surface area (Å²) in [5.41, 5.74) is 3.59. The van der Waals surface area contributed by atoms with Crippen molar-refractivity contribution in [3.63, 3.8) is 0 Å². The van der Waals surface area contributed by atoms with E-state index in [4.69, 9.17) is 5.26 Å². The number of amides is 1. The van der Waals surface area contributed by atoms with Gasteiger partial charge in [0.05, 0.1) is 17.1 Å². The first-order valence-corrected chi connectivity index (χ1v) is 9.01. The van der Waals surface area contributed by atoms with Crippen LogP contribution in [0.25, 0.3) is 22.0 Å². The molecule has 0 atom stereocenters. The van der Waals surface area contributed by atoms with Crippen molar-refractivity contribution < 1.29 is 4.79 Å². The molecule has 5 nitrogen and oxygen atoms in total. The van der Waals surface area contributed by atoms with Crippen molar-refractivity contribution in [2.24, 2.45) is 5.92 Å². The number of rotatable bonds is 4. The van der Waals surface area contributed by atoms with Crippen molar-refractivity contribution in [2.75, 3.05) is 5.32 Å². The highest BCUT2D eigenvalue weighted by molar-refractivity contribution is 6.00. The van der Waals surface area contributed by atoms with Gasteiger partial charge in [0.15, 0.2) is 5.82 Å². The van der Waals surface area contributed by atoms with Crippen LogP contribution in [0.3, 0.4) is 0 Å². The van der Waals surface area contributed by atoms with Crippen molar-refractivity contribution in [1.29, 1.82) is 5.26 Å². The molecule has 5 heteroatoms. The first-order chi connectivity index (χ1) is 12.7. The summed E-state index contributed by atoms with van der Waals surface area (Å²) in [6, 6.07) is 15.6. The molecule has 1 aromatic heterocycles. The first kappa shape index (κ1) is 16.3. The zero-order valence-electron chi connectivity index (χ0n) is 14.5. The average Bonchev–Trinajstić information content (AvgIpc) is 3.31. The smallest absolute Gasteiger partial charge is 0.225 e. The number of hydrogen-bond donors (Lipinski definition) is 2. The number of aromatic amines is 1. The predicted molar refractivity (Wildman–Crippen MR) is 101 cm³/mol. The normalized spacial score (nSPS) is 14.4. The Hall–Kier alpha value is -3.13. The molecule has 1 heterocycles. The number of nitrogens with zero attached hydrogens (tertiary/aromatic N) is 2. The molecule has 1 saturated carbocycles. The quantitative estimate of drug-likeness (QED) is 0.724. The maximum absolute atomic E-state index is 12.3. The van der Waals surface area contributed by atoms with Crippen LogP contribution in [0.1, 0.15) is 37.7 Å². The van der Waals surface area contributed by atoms with Gasteiger partial charge in [0.1, 0.15) is 0 Å². The Kier molecular flexibility index (Phi) is 4.40. The van der Waals surface area contributed by atoms with Crippen LogP contribution in [0.2, 0.25) is 0 Å². The lowest BCUT2D eigenvalue weighted by molar-refractivity contribution is -0.117. The van der Waals surface area contributed by atoms with Gasteiger partial charge in [-0.2, -0.15) is 10.4 Å². The second-order valence-electron chi connectivity index (χ2n) is 6.92. The Morgan fingerprint density at radius 3 is 2.62 bits per heavy atom. The Balaban J connectivity index is 1.53. The molecule has 0 bridgehead atoms. The zero-order chi connectivity index (χ0) is 17.9. The molecule has 1 amide bonds. The molecule has 1 aliphatic carbocycles. The third-order valence-corrected chi connectivity index (χ3v) is 5.12. The van der Waals surface area contributed by atoms with Gasteiger partial charge in [-0.05, 0) is 54.2 Å². The van der Waals surface area contributed by atoms with E-state index in [-0.39, 0.29) is 5.91 Å². The van der Waals surface area contributed by atoms with Crippen molar-refractivity contribution >= 4 is 22.6 Å². The molecule has 130 valence electrons. The monoisotopic (exact) mass is 344 g/mol. The lowest BCUT2D eigenvalue weighted by Crippen LogP contribution is -2.15. The summed E-state index contributed by atoms with van der Waals surface area (Å²) in [6.45, 7) is 0. The van der Waals surface area contributed by atoms with Crippen LogP contribution in [0, 0.1) is 17.2 Å². The van der Waals surface area contributed by atoms with E-state index in [1.165, 1.54) is 12.8 Å². The van der Waals surface area contributed by atoms with E-state index < -0.39 is 0 Å². The van der Waals surface area contributed by atoms with E-state index in [9.17, 15) is 4.79 Å². The van der Waals surface area contributed by atoms with Crippen molar-refractivity contribution in [2.45, 2.75) is 32.1 Å². The number of H-pyrrole nitrogens is 1. The zero-order valence-corrected chi connectivity index (χ0v) is 14.5. The van der Waals surface area contributed by atoms with Gasteiger partial charge in [-0.15, -0.1) is 0 Å². The molecule has 0 saturated heterocycles. The molecule has 4 rings (SSSR count). The SMILES string of the molecule is N#Cc1ccc(-c2ccc3c(NC(=O)CC4CCCC4)n[nH]c3c2)cc1. The van der Waals surface area contributed by atoms with E-state index in [0.717, 1.165) is 34.9 Å². The van der Waals surface area contributed by atoms with E-state index in [2.05, 4.69) is 21.6 Å². The third-order valence-electron chi connectivity index (χ3n) is 5.12. The Labute approximate surface area is 152 Å². The summed E-state index contributed by atoms with van der Waals surface area (Å²) in [5, 5.41) is 20.0. The Morgan fingerprint density at radius 1 is 1.15 bits per heavy atom. The fourth-order valence-corrected chi connectivity index (χ4v) is 3.69. The highest BCUT2D eigenvalue weighted by Gasteiger charge is 2.19.